The Labute approximate surface area is 137 Å². The molecule has 0 fully saturated rings. The molecule has 0 saturated carbocycles. The molecule has 0 aliphatic rings. The van der Waals surface area contributed by atoms with E-state index in [1.54, 1.807) is 31.4 Å². The van der Waals surface area contributed by atoms with E-state index >= 15 is 0 Å². The third kappa shape index (κ3) is 3.06. The van der Waals surface area contributed by atoms with E-state index < -0.39 is 0 Å². The highest BCUT2D eigenvalue weighted by Crippen LogP contribution is 2.38. The Bertz CT molecular complexity index is 698. The monoisotopic (exact) mass is 368 g/mol. The van der Waals surface area contributed by atoms with Crippen LogP contribution in [0, 0.1) is 6.92 Å². The van der Waals surface area contributed by atoms with Crippen molar-refractivity contribution in [2.45, 2.75) is 6.92 Å². The fraction of sp³-hybridized carbons (Fsp3) is 0.188. The maximum absolute atomic E-state index is 12.7. The molecular weight excluding hydrogens is 356 g/mol. The minimum absolute atomic E-state index is 0.194. The first-order chi connectivity index (χ1) is 9.99. The summed E-state index contributed by atoms with van der Waals surface area (Å²) in [5, 5.41) is 0.425. The highest BCUT2D eigenvalue weighted by Gasteiger charge is 2.21. The first-order valence-electron chi connectivity index (χ1n) is 6.21. The Morgan fingerprint density at radius 2 is 1.76 bits per heavy atom. The summed E-state index contributed by atoms with van der Waals surface area (Å²) >= 11 is 9.56. The maximum Gasteiger partial charge on any atom is 0.198 e. The summed E-state index contributed by atoms with van der Waals surface area (Å²) < 4.78 is 11.1. The largest absolute Gasteiger partial charge is 0.495 e. The first kappa shape index (κ1) is 15.9. The van der Waals surface area contributed by atoms with Crippen molar-refractivity contribution < 1.29 is 14.3 Å². The van der Waals surface area contributed by atoms with Gasteiger partial charge in [0.1, 0.15) is 16.0 Å². The zero-order valence-electron chi connectivity index (χ0n) is 11.9. The van der Waals surface area contributed by atoms with E-state index in [4.69, 9.17) is 21.1 Å². The number of benzene rings is 2. The molecule has 0 radical (unpaired) electrons. The molecule has 0 aliphatic carbocycles. The molecule has 0 atom stereocenters. The predicted octanol–water partition coefficient (Wildman–Crippen LogP) is 4.66. The van der Waals surface area contributed by atoms with Gasteiger partial charge in [-0.2, -0.15) is 0 Å². The van der Waals surface area contributed by atoms with Crippen LogP contribution in [0.2, 0.25) is 5.02 Å². The Kier molecular flexibility index (Phi) is 4.91. The standard InChI is InChI=1S/C16H14BrClO3/c1-9-4-5-10(12(18)8-9)15(19)11-6-7-13(20-2)14(17)16(11)21-3/h4-8H,1-3H3. The molecule has 2 aromatic carbocycles. The van der Waals surface area contributed by atoms with Crippen LogP contribution in [0.5, 0.6) is 11.5 Å². The number of carbonyl (C=O) groups is 1. The fourth-order valence-corrected chi connectivity index (χ4v) is 3.01. The molecule has 21 heavy (non-hydrogen) atoms. The topological polar surface area (TPSA) is 35.5 Å². The van der Waals surface area contributed by atoms with Crippen molar-refractivity contribution in [2.75, 3.05) is 14.2 Å². The van der Waals surface area contributed by atoms with Crippen LogP contribution in [0.3, 0.4) is 0 Å². The second kappa shape index (κ2) is 6.50. The summed E-state index contributed by atoms with van der Waals surface area (Å²) in [5.74, 6) is 0.828. The number of ether oxygens (including phenoxy) is 2. The highest BCUT2D eigenvalue weighted by molar-refractivity contribution is 9.10. The molecule has 0 unspecified atom stereocenters. The molecule has 0 aromatic heterocycles. The van der Waals surface area contributed by atoms with Crippen LogP contribution in [0.25, 0.3) is 0 Å². The minimum Gasteiger partial charge on any atom is -0.495 e. The molecule has 0 N–H and O–H groups in total. The molecule has 0 aliphatic heterocycles. The third-order valence-electron chi connectivity index (χ3n) is 3.10. The molecule has 2 aromatic rings. The summed E-state index contributed by atoms with van der Waals surface area (Å²) in [4.78, 5) is 12.7. The summed E-state index contributed by atoms with van der Waals surface area (Å²) in [7, 11) is 3.06. The molecular formula is C16H14BrClO3. The van der Waals surface area contributed by atoms with Gasteiger partial charge in [-0.15, -0.1) is 0 Å². The first-order valence-corrected chi connectivity index (χ1v) is 7.38. The quantitative estimate of drug-likeness (QED) is 0.735. The van der Waals surface area contributed by atoms with E-state index in [0.717, 1.165) is 5.56 Å². The molecule has 5 heteroatoms. The van der Waals surface area contributed by atoms with Gasteiger partial charge in [-0.1, -0.05) is 17.7 Å². The lowest BCUT2D eigenvalue weighted by Gasteiger charge is -2.13. The van der Waals surface area contributed by atoms with Gasteiger partial charge in [0.2, 0.25) is 0 Å². The van der Waals surface area contributed by atoms with Gasteiger partial charge in [-0.3, -0.25) is 4.79 Å². The van der Waals surface area contributed by atoms with E-state index in [1.165, 1.54) is 7.11 Å². The number of hydrogen-bond acceptors (Lipinski definition) is 3. The zero-order chi connectivity index (χ0) is 15.6. The summed E-state index contributed by atoms with van der Waals surface area (Å²) in [6.45, 7) is 1.92. The second-order valence-corrected chi connectivity index (χ2v) is 5.68. The summed E-state index contributed by atoms with van der Waals surface area (Å²) in [6.07, 6.45) is 0. The van der Waals surface area contributed by atoms with E-state index in [1.807, 2.05) is 13.0 Å². The van der Waals surface area contributed by atoms with Crippen molar-refractivity contribution >= 4 is 33.3 Å². The van der Waals surface area contributed by atoms with Gasteiger partial charge < -0.3 is 9.47 Å². The van der Waals surface area contributed by atoms with Gasteiger partial charge in [-0.05, 0) is 52.7 Å². The minimum atomic E-state index is -0.194. The van der Waals surface area contributed by atoms with Gasteiger partial charge in [0.05, 0.1) is 24.8 Å². The van der Waals surface area contributed by atoms with Crippen molar-refractivity contribution in [3.63, 3.8) is 0 Å². The Hall–Kier alpha value is -1.52. The van der Waals surface area contributed by atoms with Crippen LogP contribution >= 0.6 is 27.5 Å². The smallest absolute Gasteiger partial charge is 0.198 e. The molecule has 0 spiro atoms. The molecule has 0 heterocycles. The highest BCUT2D eigenvalue weighted by atomic mass is 79.9. The van der Waals surface area contributed by atoms with Crippen LogP contribution in [0.4, 0.5) is 0 Å². The number of hydrogen-bond donors (Lipinski definition) is 0. The van der Waals surface area contributed by atoms with Crippen LogP contribution in [0.1, 0.15) is 21.5 Å². The van der Waals surface area contributed by atoms with E-state index in [2.05, 4.69) is 15.9 Å². The summed E-state index contributed by atoms with van der Waals surface area (Å²) in [6, 6.07) is 8.71. The Morgan fingerprint density at radius 3 is 2.33 bits per heavy atom. The number of aryl methyl sites for hydroxylation is 1. The number of halogens is 2. The van der Waals surface area contributed by atoms with Gasteiger partial charge in [0.25, 0.3) is 0 Å². The van der Waals surface area contributed by atoms with Crippen LogP contribution in [-0.4, -0.2) is 20.0 Å². The van der Waals surface area contributed by atoms with Crippen molar-refractivity contribution in [1.82, 2.24) is 0 Å². The maximum atomic E-state index is 12.7. The van der Waals surface area contributed by atoms with Crippen molar-refractivity contribution in [2.24, 2.45) is 0 Å². The lowest BCUT2D eigenvalue weighted by atomic mass is 10.0. The molecule has 0 saturated heterocycles. The SMILES string of the molecule is COc1ccc(C(=O)c2ccc(C)cc2Cl)c(OC)c1Br. The third-order valence-corrected chi connectivity index (χ3v) is 4.16. The van der Waals surface area contributed by atoms with Gasteiger partial charge >= 0.3 is 0 Å². The lowest BCUT2D eigenvalue weighted by molar-refractivity contribution is 0.103. The predicted molar refractivity (Wildman–Crippen MR) is 86.9 cm³/mol. The summed E-state index contributed by atoms with van der Waals surface area (Å²) in [5.41, 5.74) is 1.87. The molecule has 110 valence electrons. The van der Waals surface area contributed by atoms with E-state index in [0.29, 0.717) is 32.1 Å². The average Bonchev–Trinajstić information content (AvgIpc) is 2.46. The van der Waals surface area contributed by atoms with Gasteiger partial charge in [0, 0.05) is 5.56 Å². The van der Waals surface area contributed by atoms with Gasteiger partial charge in [-0.25, -0.2) is 0 Å². The Morgan fingerprint density at radius 1 is 1.10 bits per heavy atom. The van der Waals surface area contributed by atoms with Crippen LogP contribution < -0.4 is 9.47 Å². The van der Waals surface area contributed by atoms with Crippen LogP contribution in [-0.2, 0) is 0 Å². The molecule has 2 rings (SSSR count). The zero-order valence-corrected chi connectivity index (χ0v) is 14.2. The molecule has 0 amide bonds. The molecule has 3 nitrogen and oxygen atoms in total. The van der Waals surface area contributed by atoms with Crippen molar-refractivity contribution in [3.05, 3.63) is 56.5 Å². The van der Waals surface area contributed by atoms with E-state index in [9.17, 15) is 4.79 Å². The number of methoxy groups -OCH3 is 2. The number of carbonyl (C=O) groups excluding carboxylic acids is 1. The Balaban J connectivity index is 2.55. The van der Waals surface area contributed by atoms with E-state index in [-0.39, 0.29) is 5.78 Å². The van der Waals surface area contributed by atoms with Crippen molar-refractivity contribution in [1.29, 1.82) is 0 Å². The van der Waals surface area contributed by atoms with Crippen molar-refractivity contribution in [3.8, 4) is 11.5 Å². The number of rotatable bonds is 4. The fourth-order valence-electron chi connectivity index (χ4n) is 2.02. The van der Waals surface area contributed by atoms with Crippen LogP contribution in [0.15, 0.2) is 34.8 Å². The normalized spacial score (nSPS) is 10.3. The lowest BCUT2D eigenvalue weighted by Crippen LogP contribution is -2.06. The molecule has 0 bridgehead atoms. The second-order valence-electron chi connectivity index (χ2n) is 4.48. The van der Waals surface area contributed by atoms with Gasteiger partial charge in [0.15, 0.2) is 5.78 Å². The average molecular weight is 370 g/mol. The number of ketones is 1.